The summed E-state index contributed by atoms with van der Waals surface area (Å²) < 4.78 is 5.51. The van der Waals surface area contributed by atoms with Gasteiger partial charge >= 0.3 is 0 Å². The van der Waals surface area contributed by atoms with Crippen LogP contribution in [0.4, 0.5) is 0 Å². The van der Waals surface area contributed by atoms with E-state index in [9.17, 15) is 0 Å². The van der Waals surface area contributed by atoms with E-state index in [1.165, 1.54) is 4.88 Å². The van der Waals surface area contributed by atoms with Crippen LogP contribution in [-0.4, -0.2) is 16.6 Å². The minimum absolute atomic E-state index is 0.415. The van der Waals surface area contributed by atoms with E-state index in [0.29, 0.717) is 23.5 Å². The molecule has 0 saturated carbocycles. The largest absolute Gasteiger partial charge is 0.477 e. The molecule has 2 rings (SSSR count). The van der Waals surface area contributed by atoms with Crippen LogP contribution in [0, 0.1) is 6.92 Å². The molecule has 3 nitrogen and oxygen atoms in total. The van der Waals surface area contributed by atoms with Gasteiger partial charge in [0.2, 0.25) is 5.88 Å². The highest BCUT2D eigenvalue weighted by atomic mass is 35.5. The third-order valence-electron chi connectivity index (χ3n) is 1.96. The Bertz CT molecular complexity index is 439. The quantitative estimate of drug-likeness (QED) is 0.787. The lowest BCUT2D eigenvalue weighted by Gasteiger charge is -2.04. The molecule has 0 saturated heterocycles. The van der Waals surface area contributed by atoms with Crippen molar-refractivity contribution >= 4 is 22.9 Å². The molecular weight excluding hydrogens is 244 g/mol. The van der Waals surface area contributed by atoms with E-state index in [1.54, 1.807) is 24.3 Å². The van der Waals surface area contributed by atoms with Crippen molar-refractivity contribution < 1.29 is 4.74 Å². The Morgan fingerprint density at radius 3 is 3.00 bits per heavy atom. The van der Waals surface area contributed by atoms with Crippen molar-refractivity contribution in [3.8, 4) is 5.88 Å². The fourth-order valence-electron chi connectivity index (χ4n) is 1.29. The predicted molar refractivity (Wildman–Crippen MR) is 65.3 cm³/mol. The third kappa shape index (κ3) is 3.18. The summed E-state index contributed by atoms with van der Waals surface area (Å²) in [6, 6.07) is 5.75. The number of halogens is 1. The summed E-state index contributed by atoms with van der Waals surface area (Å²) in [5.74, 6) is 1.16. The molecule has 2 heterocycles. The first-order valence-corrected chi connectivity index (χ1v) is 6.16. The highest BCUT2D eigenvalue weighted by Gasteiger charge is 2.01. The second-order valence-electron chi connectivity index (χ2n) is 3.25. The molecule has 5 heteroatoms. The molecule has 0 aliphatic rings. The number of rotatable bonds is 4. The topological polar surface area (TPSA) is 35.0 Å². The lowest BCUT2D eigenvalue weighted by molar-refractivity contribution is 0.309. The zero-order valence-electron chi connectivity index (χ0n) is 8.81. The molecular formula is C11H11ClN2OS. The van der Waals surface area contributed by atoms with Crippen molar-refractivity contribution in [2.24, 2.45) is 0 Å². The van der Waals surface area contributed by atoms with Crippen LogP contribution in [0.25, 0.3) is 0 Å². The minimum atomic E-state index is 0.415. The third-order valence-corrected chi connectivity index (χ3v) is 3.09. The predicted octanol–water partition coefficient (Wildman–Crippen LogP) is 3.12. The monoisotopic (exact) mass is 254 g/mol. The molecule has 0 unspecified atom stereocenters. The Morgan fingerprint density at radius 1 is 1.44 bits per heavy atom. The summed E-state index contributed by atoms with van der Waals surface area (Å²) in [5.41, 5.74) is 0. The first kappa shape index (κ1) is 11.4. The van der Waals surface area contributed by atoms with E-state index in [0.717, 1.165) is 6.42 Å². The second-order valence-corrected chi connectivity index (χ2v) is 4.67. The van der Waals surface area contributed by atoms with Gasteiger partial charge in [-0.15, -0.1) is 11.3 Å². The molecule has 0 fully saturated rings. The van der Waals surface area contributed by atoms with Crippen molar-refractivity contribution in [1.82, 2.24) is 9.97 Å². The van der Waals surface area contributed by atoms with Gasteiger partial charge in [-0.1, -0.05) is 17.7 Å². The molecule has 0 spiro atoms. The number of hydrogen-bond acceptors (Lipinski definition) is 4. The maximum Gasteiger partial charge on any atom is 0.218 e. The van der Waals surface area contributed by atoms with E-state index in [4.69, 9.17) is 16.3 Å². The average molecular weight is 255 g/mol. The standard InChI is InChI=1S/C11H11ClN2OS/c1-8-13-10(12)7-11(14-8)15-5-4-9-3-2-6-16-9/h2-3,6-7H,4-5H2,1H3. The van der Waals surface area contributed by atoms with Crippen molar-refractivity contribution in [3.05, 3.63) is 39.4 Å². The molecule has 0 radical (unpaired) electrons. The maximum atomic E-state index is 5.80. The Labute approximate surface area is 103 Å². The number of ether oxygens (including phenoxy) is 1. The number of nitrogens with zero attached hydrogens (tertiary/aromatic N) is 2. The van der Waals surface area contributed by atoms with Crippen LogP contribution in [-0.2, 0) is 6.42 Å². The Balaban J connectivity index is 1.89. The number of hydrogen-bond donors (Lipinski definition) is 0. The molecule has 0 aliphatic carbocycles. The van der Waals surface area contributed by atoms with Gasteiger partial charge in [0.1, 0.15) is 11.0 Å². The lowest BCUT2D eigenvalue weighted by atomic mass is 10.4. The van der Waals surface area contributed by atoms with E-state index in [2.05, 4.69) is 21.4 Å². The zero-order chi connectivity index (χ0) is 11.4. The van der Waals surface area contributed by atoms with Crippen molar-refractivity contribution in [3.63, 3.8) is 0 Å². The Morgan fingerprint density at radius 2 is 2.31 bits per heavy atom. The second kappa shape index (κ2) is 5.27. The van der Waals surface area contributed by atoms with Gasteiger partial charge in [0.25, 0.3) is 0 Å². The highest BCUT2D eigenvalue weighted by Crippen LogP contribution is 2.14. The average Bonchev–Trinajstić information content (AvgIpc) is 2.69. The Hall–Kier alpha value is -1.13. The summed E-state index contributed by atoms with van der Waals surface area (Å²) in [6.45, 7) is 2.39. The van der Waals surface area contributed by atoms with Gasteiger partial charge < -0.3 is 4.74 Å². The summed E-state index contributed by atoms with van der Waals surface area (Å²) in [7, 11) is 0. The number of thiophene rings is 1. The van der Waals surface area contributed by atoms with Gasteiger partial charge in [-0.2, -0.15) is 4.98 Å². The molecule has 0 N–H and O–H groups in total. The first-order valence-electron chi connectivity index (χ1n) is 4.90. The molecule has 0 atom stereocenters. The minimum Gasteiger partial charge on any atom is -0.477 e. The van der Waals surface area contributed by atoms with E-state index >= 15 is 0 Å². The lowest BCUT2D eigenvalue weighted by Crippen LogP contribution is -2.03. The summed E-state index contributed by atoms with van der Waals surface area (Å²) in [5, 5.41) is 2.47. The molecule has 2 aromatic rings. The van der Waals surface area contributed by atoms with Crippen LogP contribution in [0.15, 0.2) is 23.6 Å². The van der Waals surface area contributed by atoms with Crippen LogP contribution < -0.4 is 4.74 Å². The molecule has 2 aromatic heterocycles. The normalized spacial score (nSPS) is 10.4. The van der Waals surface area contributed by atoms with Crippen LogP contribution in [0.1, 0.15) is 10.7 Å². The first-order chi connectivity index (χ1) is 7.74. The van der Waals surface area contributed by atoms with Gasteiger partial charge in [-0.3, -0.25) is 0 Å². The smallest absolute Gasteiger partial charge is 0.218 e. The SMILES string of the molecule is Cc1nc(Cl)cc(OCCc2cccs2)n1. The fraction of sp³-hybridized carbons (Fsp3) is 0.273. The van der Waals surface area contributed by atoms with Gasteiger partial charge in [-0.25, -0.2) is 4.98 Å². The van der Waals surface area contributed by atoms with Gasteiger partial charge in [0.15, 0.2) is 0 Å². The molecule has 0 aromatic carbocycles. The molecule has 0 aliphatic heterocycles. The van der Waals surface area contributed by atoms with E-state index in [-0.39, 0.29) is 0 Å². The summed E-state index contributed by atoms with van der Waals surface area (Å²) in [4.78, 5) is 9.41. The van der Waals surface area contributed by atoms with Gasteiger partial charge in [-0.05, 0) is 18.4 Å². The molecule has 0 bridgehead atoms. The van der Waals surface area contributed by atoms with Crippen LogP contribution >= 0.6 is 22.9 Å². The van der Waals surface area contributed by atoms with Gasteiger partial charge in [0, 0.05) is 17.4 Å². The number of aromatic nitrogens is 2. The summed E-state index contributed by atoms with van der Waals surface area (Å²) >= 11 is 7.53. The van der Waals surface area contributed by atoms with Crippen LogP contribution in [0.3, 0.4) is 0 Å². The summed E-state index contributed by atoms with van der Waals surface area (Å²) in [6.07, 6.45) is 0.887. The van der Waals surface area contributed by atoms with Gasteiger partial charge in [0.05, 0.1) is 6.61 Å². The molecule has 16 heavy (non-hydrogen) atoms. The fourth-order valence-corrected chi connectivity index (χ4v) is 2.20. The molecule has 0 amide bonds. The number of aryl methyl sites for hydroxylation is 1. The maximum absolute atomic E-state index is 5.80. The van der Waals surface area contributed by atoms with Crippen LogP contribution in [0.2, 0.25) is 5.15 Å². The highest BCUT2D eigenvalue weighted by molar-refractivity contribution is 7.09. The van der Waals surface area contributed by atoms with Crippen molar-refractivity contribution in [1.29, 1.82) is 0 Å². The zero-order valence-corrected chi connectivity index (χ0v) is 10.4. The van der Waals surface area contributed by atoms with E-state index < -0.39 is 0 Å². The Kier molecular flexibility index (Phi) is 3.74. The van der Waals surface area contributed by atoms with Crippen LogP contribution in [0.5, 0.6) is 5.88 Å². The van der Waals surface area contributed by atoms with E-state index in [1.807, 2.05) is 6.07 Å². The van der Waals surface area contributed by atoms with Crippen molar-refractivity contribution in [2.75, 3.05) is 6.61 Å². The molecule has 84 valence electrons. The van der Waals surface area contributed by atoms with Crippen molar-refractivity contribution in [2.45, 2.75) is 13.3 Å².